The fourth-order valence-electron chi connectivity index (χ4n) is 4.13. The van der Waals surface area contributed by atoms with Gasteiger partial charge in [-0.15, -0.1) is 4.40 Å². The van der Waals surface area contributed by atoms with Gasteiger partial charge in [0, 0.05) is 16.8 Å². The molecule has 1 aliphatic carbocycles. The molecule has 2 aliphatic rings. The molecule has 0 unspecified atom stereocenters. The van der Waals surface area contributed by atoms with Crippen molar-refractivity contribution in [2.24, 2.45) is 4.40 Å². The molecule has 1 amide bonds. The van der Waals surface area contributed by atoms with Crippen LogP contribution < -0.4 is 10.6 Å². The van der Waals surface area contributed by atoms with Crippen LogP contribution >= 0.6 is 0 Å². The Morgan fingerprint density at radius 2 is 1.72 bits per heavy atom. The molecule has 0 saturated heterocycles. The molecule has 0 bridgehead atoms. The number of nitrogens with one attached hydrogen (secondary N) is 2. The van der Waals surface area contributed by atoms with E-state index in [4.69, 9.17) is 4.74 Å². The highest BCUT2D eigenvalue weighted by Crippen LogP contribution is 2.30. The number of amides is 1. The summed E-state index contributed by atoms with van der Waals surface area (Å²) in [7, 11) is -3.72. The first-order chi connectivity index (χ1) is 15.3. The zero-order chi connectivity index (χ0) is 22.8. The van der Waals surface area contributed by atoms with Crippen molar-refractivity contribution in [2.45, 2.75) is 49.5 Å². The lowest BCUT2D eigenvalue weighted by Gasteiger charge is -2.35. The molecule has 1 heterocycles. The first-order valence-corrected chi connectivity index (χ1v) is 12.1. The van der Waals surface area contributed by atoms with E-state index in [1.165, 1.54) is 6.07 Å². The minimum Gasteiger partial charge on any atom is -0.464 e. The monoisotopic (exact) mass is 455 g/mol. The number of hydrogen-bond donors (Lipinski definition) is 2. The van der Waals surface area contributed by atoms with Gasteiger partial charge in [0.05, 0.1) is 6.61 Å². The third-order valence-electron chi connectivity index (χ3n) is 5.77. The summed E-state index contributed by atoms with van der Waals surface area (Å²) in [6, 6.07) is 13.2. The van der Waals surface area contributed by atoms with E-state index in [0.29, 0.717) is 29.7 Å². The number of rotatable bonds is 5. The molecule has 8 nitrogen and oxygen atoms in total. The highest BCUT2D eigenvalue weighted by Gasteiger charge is 2.42. The van der Waals surface area contributed by atoms with Gasteiger partial charge in [0.1, 0.15) is 10.4 Å². The van der Waals surface area contributed by atoms with E-state index in [2.05, 4.69) is 15.0 Å². The van der Waals surface area contributed by atoms with Gasteiger partial charge < -0.3 is 15.4 Å². The summed E-state index contributed by atoms with van der Waals surface area (Å²) in [6.07, 6.45) is 3.86. The number of ether oxygens (including phenoxy) is 1. The summed E-state index contributed by atoms with van der Waals surface area (Å²) in [5.74, 6) is -0.496. The van der Waals surface area contributed by atoms with E-state index in [-0.39, 0.29) is 29.2 Å². The largest absolute Gasteiger partial charge is 0.464 e. The van der Waals surface area contributed by atoms with Gasteiger partial charge in [0.15, 0.2) is 5.84 Å². The van der Waals surface area contributed by atoms with Crippen LogP contribution in [0.4, 0.5) is 5.69 Å². The molecular weight excluding hydrogens is 430 g/mol. The van der Waals surface area contributed by atoms with Crippen LogP contribution in [-0.4, -0.2) is 38.3 Å². The van der Waals surface area contributed by atoms with E-state index < -0.39 is 15.6 Å². The maximum atomic E-state index is 12.9. The van der Waals surface area contributed by atoms with Crippen LogP contribution in [0.25, 0.3) is 0 Å². The Kier molecular flexibility index (Phi) is 6.01. The van der Waals surface area contributed by atoms with Crippen LogP contribution in [0.3, 0.4) is 0 Å². The zero-order valence-corrected chi connectivity index (χ0v) is 18.6. The minimum atomic E-state index is -3.72. The van der Waals surface area contributed by atoms with E-state index in [1.54, 1.807) is 49.4 Å². The molecule has 1 saturated carbocycles. The van der Waals surface area contributed by atoms with Gasteiger partial charge in [-0.3, -0.25) is 4.79 Å². The molecule has 0 aromatic heterocycles. The highest BCUT2D eigenvalue weighted by atomic mass is 32.2. The molecule has 9 heteroatoms. The standard InChI is InChI=1S/C23H25N3O5S/c1-2-31-22(28)23(14-6-3-7-15-23)25-21(27)16-10-12-17(13-11-16)24-20-18-8-4-5-9-19(18)32(29,30)26-20/h4-5,8-13H,2-3,6-7,14-15H2,1H3,(H,24,26)(H,25,27). The number of carbonyl (C=O) groups excluding carboxylic acids is 2. The second kappa shape index (κ2) is 8.74. The Bertz CT molecular complexity index is 1170. The number of carbonyl (C=O) groups is 2. The van der Waals surface area contributed by atoms with Gasteiger partial charge >= 0.3 is 5.97 Å². The molecule has 2 N–H and O–H groups in total. The lowest BCUT2D eigenvalue weighted by molar-refractivity contribution is -0.152. The van der Waals surface area contributed by atoms with Gasteiger partial charge in [-0.1, -0.05) is 31.4 Å². The first kappa shape index (κ1) is 22.0. The van der Waals surface area contributed by atoms with Crippen molar-refractivity contribution in [3.8, 4) is 0 Å². The zero-order valence-electron chi connectivity index (χ0n) is 17.8. The Morgan fingerprint density at radius 1 is 1.03 bits per heavy atom. The van der Waals surface area contributed by atoms with E-state index in [0.717, 1.165) is 19.3 Å². The molecular formula is C23H25N3O5S. The molecule has 1 aliphatic heterocycles. The predicted octanol–water partition coefficient (Wildman–Crippen LogP) is 3.24. The maximum Gasteiger partial charge on any atom is 0.331 e. The van der Waals surface area contributed by atoms with Gasteiger partial charge in [-0.2, -0.15) is 8.42 Å². The molecule has 32 heavy (non-hydrogen) atoms. The fraction of sp³-hybridized carbons (Fsp3) is 0.348. The number of fused-ring (bicyclic) bond motifs is 1. The Hall–Kier alpha value is -3.20. The highest BCUT2D eigenvalue weighted by molar-refractivity contribution is 7.90. The molecule has 0 radical (unpaired) electrons. The fourth-order valence-corrected chi connectivity index (χ4v) is 5.31. The van der Waals surface area contributed by atoms with Crippen molar-refractivity contribution in [3.63, 3.8) is 0 Å². The van der Waals surface area contributed by atoms with Gasteiger partial charge in [-0.25, -0.2) is 4.79 Å². The molecule has 0 atom stereocenters. The number of anilines is 1. The van der Waals surface area contributed by atoms with E-state index in [9.17, 15) is 18.0 Å². The van der Waals surface area contributed by atoms with Crippen LogP contribution in [-0.2, 0) is 19.6 Å². The minimum absolute atomic E-state index is 0.162. The summed E-state index contributed by atoms with van der Waals surface area (Å²) in [5, 5.41) is 5.92. The van der Waals surface area contributed by atoms with Crippen molar-refractivity contribution in [1.29, 1.82) is 0 Å². The SMILES string of the molecule is CCOC(=O)C1(NC(=O)c2ccc(NC3=NS(=O)(=O)c4ccccc43)cc2)CCCCC1. The van der Waals surface area contributed by atoms with Crippen LogP contribution in [0.1, 0.15) is 54.9 Å². The smallest absolute Gasteiger partial charge is 0.331 e. The molecule has 2 aromatic rings. The number of amidine groups is 1. The Labute approximate surface area is 187 Å². The summed E-state index contributed by atoms with van der Waals surface area (Å²) < 4.78 is 33.4. The average Bonchev–Trinajstić information content (AvgIpc) is 3.05. The molecule has 0 spiro atoms. The Balaban J connectivity index is 1.49. The summed E-state index contributed by atoms with van der Waals surface area (Å²) in [5.41, 5.74) is 0.498. The maximum absolute atomic E-state index is 12.9. The van der Waals surface area contributed by atoms with Crippen LogP contribution in [0.2, 0.25) is 0 Å². The third kappa shape index (κ3) is 4.25. The number of esters is 1. The third-order valence-corrected chi connectivity index (χ3v) is 7.10. The topological polar surface area (TPSA) is 114 Å². The van der Waals surface area contributed by atoms with Crippen LogP contribution in [0.5, 0.6) is 0 Å². The summed E-state index contributed by atoms with van der Waals surface area (Å²) >= 11 is 0. The van der Waals surface area contributed by atoms with Crippen molar-refractivity contribution in [2.75, 3.05) is 11.9 Å². The molecule has 1 fully saturated rings. The van der Waals surface area contributed by atoms with Crippen LogP contribution in [0.15, 0.2) is 57.8 Å². The van der Waals surface area contributed by atoms with Crippen LogP contribution in [0, 0.1) is 0 Å². The van der Waals surface area contributed by atoms with Gasteiger partial charge in [0.2, 0.25) is 0 Å². The van der Waals surface area contributed by atoms with Gasteiger partial charge in [-0.05, 0) is 56.2 Å². The molecule has 2 aromatic carbocycles. The number of benzene rings is 2. The number of hydrogen-bond acceptors (Lipinski definition) is 6. The second-order valence-corrected chi connectivity index (χ2v) is 9.50. The summed E-state index contributed by atoms with van der Waals surface area (Å²) in [6.45, 7) is 2.01. The normalized spacial score (nSPS) is 18.2. The van der Waals surface area contributed by atoms with Crippen molar-refractivity contribution in [3.05, 3.63) is 59.7 Å². The Morgan fingerprint density at radius 3 is 2.41 bits per heavy atom. The molecule has 4 rings (SSSR count). The van der Waals surface area contributed by atoms with E-state index in [1.807, 2.05) is 0 Å². The predicted molar refractivity (Wildman–Crippen MR) is 120 cm³/mol. The van der Waals surface area contributed by atoms with Crippen molar-refractivity contribution in [1.82, 2.24) is 5.32 Å². The number of sulfonamides is 1. The average molecular weight is 456 g/mol. The van der Waals surface area contributed by atoms with E-state index >= 15 is 0 Å². The van der Waals surface area contributed by atoms with Crippen molar-refractivity contribution >= 4 is 33.4 Å². The quantitative estimate of drug-likeness (QED) is 0.669. The first-order valence-electron chi connectivity index (χ1n) is 10.7. The van der Waals surface area contributed by atoms with Gasteiger partial charge in [0.25, 0.3) is 15.9 Å². The lowest BCUT2D eigenvalue weighted by Crippen LogP contribution is -2.56. The van der Waals surface area contributed by atoms with Crippen molar-refractivity contribution < 1.29 is 22.7 Å². The molecule has 168 valence electrons. The lowest BCUT2D eigenvalue weighted by atomic mass is 9.81. The summed E-state index contributed by atoms with van der Waals surface area (Å²) in [4.78, 5) is 25.6. The second-order valence-electron chi connectivity index (χ2n) is 7.93. The number of nitrogens with zero attached hydrogens (tertiary/aromatic N) is 1.